The lowest BCUT2D eigenvalue weighted by Gasteiger charge is -2.22. The lowest BCUT2D eigenvalue weighted by Crippen LogP contribution is -2.29. The number of aromatic nitrogens is 1. The minimum absolute atomic E-state index is 0.0361. The van der Waals surface area contributed by atoms with Gasteiger partial charge < -0.3 is 13.9 Å². The van der Waals surface area contributed by atoms with Gasteiger partial charge in [-0.1, -0.05) is 23.5 Å². The van der Waals surface area contributed by atoms with Crippen LogP contribution in [0.1, 0.15) is 54.2 Å². The number of esters is 1. The van der Waals surface area contributed by atoms with Crippen LogP contribution in [0.25, 0.3) is 11.0 Å². The van der Waals surface area contributed by atoms with Crippen LogP contribution in [-0.2, 0) is 4.74 Å². The molecule has 2 aromatic heterocycles. The molecule has 1 amide bonds. The molecule has 0 bridgehead atoms. The van der Waals surface area contributed by atoms with Crippen molar-refractivity contribution >= 4 is 39.3 Å². The molecular weight excluding hydrogens is 468 g/mol. The van der Waals surface area contributed by atoms with Crippen LogP contribution in [0.4, 0.5) is 5.13 Å². The number of amides is 1. The average Bonchev–Trinajstić information content (AvgIpc) is 3.37. The standard InChI is InChI=1S/C26H22N2O6S/c1-12-9-17-18(10-13(12)2)34-22-19(21(17)29)20(15-7-6-8-16(11-15)32-4)28(24(22)30)26-27-14(3)23(35-26)25(31)33-5/h6-11,20H,1-5H3/t20-/m1/s1. The first kappa shape index (κ1) is 22.8. The van der Waals surface area contributed by atoms with E-state index >= 15 is 0 Å². The van der Waals surface area contributed by atoms with Gasteiger partial charge in [-0.15, -0.1) is 0 Å². The third-order valence-corrected chi connectivity index (χ3v) is 7.39. The van der Waals surface area contributed by atoms with E-state index < -0.39 is 17.9 Å². The van der Waals surface area contributed by atoms with Crippen LogP contribution in [0, 0.1) is 20.8 Å². The molecule has 1 aliphatic heterocycles. The Balaban J connectivity index is 1.80. The number of methoxy groups -OCH3 is 2. The Morgan fingerprint density at radius 1 is 1.09 bits per heavy atom. The highest BCUT2D eigenvalue weighted by Gasteiger charge is 2.45. The fourth-order valence-corrected chi connectivity index (χ4v) is 5.33. The van der Waals surface area contributed by atoms with Gasteiger partial charge in [-0.25, -0.2) is 9.78 Å². The van der Waals surface area contributed by atoms with Crippen LogP contribution in [0.5, 0.6) is 5.75 Å². The Labute approximate surface area is 204 Å². The van der Waals surface area contributed by atoms with Gasteiger partial charge in [0.1, 0.15) is 16.2 Å². The van der Waals surface area contributed by atoms with Crippen LogP contribution >= 0.6 is 11.3 Å². The molecule has 0 unspecified atom stereocenters. The number of nitrogens with zero attached hydrogens (tertiary/aromatic N) is 2. The maximum Gasteiger partial charge on any atom is 0.350 e. The van der Waals surface area contributed by atoms with Gasteiger partial charge in [0.15, 0.2) is 10.6 Å². The number of benzene rings is 2. The first-order chi connectivity index (χ1) is 16.7. The average molecular weight is 491 g/mol. The highest BCUT2D eigenvalue weighted by molar-refractivity contribution is 7.17. The third-order valence-electron chi connectivity index (χ3n) is 6.26. The number of anilines is 1. The predicted octanol–water partition coefficient (Wildman–Crippen LogP) is 4.72. The molecule has 0 radical (unpaired) electrons. The van der Waals surface area contributed by atoms with Crippen molar-refractivity contribution < 1.29 is 23.5 Å². The van der Waals surface area contributed by atoms with Gasteiger partial charge in [0.2, 0.25) is 5.76 Å². The molecule has 1 atom stereocenters. The van der Waals surface area contributed by atoms with Crippen molar-refractivity contribution in [3.8, 4) is 5.75 Å². The predicted molar refractivity (Wildman–Crippen MR) is 132 cm³/mol. The molecule has 0 saturated carbocycles. The molecule has 178 valence electrons. The highest BCUT2D eigenvalue weighted by atomic mass is 32.1. The summed E-state index contributed by atoms with van der Waals surface area (Å²) in [5, 5.41) is 0.669. The van der Waals surface area contributed by atoms with Crippen molar-refractivity contribution in [2.75, 3.05) is 19.1 Å². The highest BCUT2D eigenvalue weighted by Crippen LogP contribution is 2.43. The third kappa shape index (κ3) is 3.50. The molecule has 0 fully saturated rings. The summed E-state index contributed by atoms with van der Waals surface area (Å²) in [6.07, 6.45) is 0. The number of hydrogen-bond acceptors (Lipinski definition) is 8. The molecule has 0 N–H and O–H groups in total. The number of carbonyl (C=O) groups is 2. The quantitative estimate of drug-likeness (QED) is 0.382. The number of carbonyl (C=O) groups excluding carboxylic acids is 2. The van der Waals surface area contributed by atoms with Crippen LogP contribution < -0.4 is 15.1 Å². The molecule has 4 aromatic rings. The van der Waals surface area contributed by atoms with Crippen molar-refractivity contribution in [1.82, 2.24) is 4.98 Å². The number of ether oxygens (including phenoxy) is 2. The zero-order valence-corrected chi connectivity index (χ0v) is 20.6. The maximum atomic E-state index is 13.8. The van der Waals surface area contributed by atoms with Gasteiger partial charge in [0.05, 0.1) is 36.9 Å². The van der Waals surface area contributed by atoms with E-state index in [1.165, 1.54) is 12.0 Å². The molecule has 0 aliphatic carbocycles. The molecule has 9 heteroatoms. The van der Waals surface area contributed by atoms with Crippen molar-refractivity contribution in [2.24, 2.45) is 0 Å². The second-order valence-electron chi connectivity index (χ2n) is 8.36. The van der Waals surface area contributed by atoms with E-state index in [0.29, 0.717) is 28.0 Å². The first-order valence-corrected chi connectivity index (χ1v) is 11.7. The van der Waals surface area contributed by atoms with Crippen LogP contribution in [0.2, 0.25) is 0 Å². The molecule has 0 spiro atoms. The molecule has 8 nitrogen and oxygen atoms in total. The summed E-state index contributed by atoms with van der Waals surface area (Å²) in [6.45, 7) is 5.51. The number of hydrogen-bond donors (Lipinski definition) is 0. The van der Waals surface area contributed by atoms with Crippen molar-refractivity contribution in [1.29, 1.82) is 0 Å². The van der Waals surface area contributed by atoms with Crippen molar-refractivity contribution in [2.45, 2.75) is 26.8 Å². The summed E-state index contributed by atoms with van der Waals surface area (Å²) in [7, 11) is 2.83. The van der Waals surface area contributed by atoms with Gasteiger partial charge in [-0.2, -0.15) is 0 Å². The molecule has 0 saturated heterocycles. The van der Waals surface area contributed by atoms with Crippen LogP contribution in [0.15, 0.2) is 45.6 Å². The Bertz CT molecular complexity index is 1580. The van der Waals surface area contributed by atoms with E-state index in [1.807, 2.05) is 19.9 Å². The van der Waals surface area contributed by atoms with Gasteiger partial charge >= 0.3 is 5.97 Å². The SMILES string of the molecule is COC(=O)c1sc(N2C(=O)c3oc4cc(C)c(C)cc4c(=O)c3[C@H]2c2cccc(OC)c2)nc1C. The summed E-state index contributed by atoms with van der Waals surface area (Å²) >= 11 is 1.03. The van der Waals surface area contributed by atoms with Gasteiger partial charge in [0.25, 0.3) is 5.91 Å². The monoisotopic (exact) mass is 490 g/mol. The number of thiazole rings is 1. The number of aryl methyl sites for hydroxylation is 3. The second kappa shape index (κ2) is 8.35. The zero-order valence-electron chi connectivity index (χ0n) is 19.8. The molecule has 5 rings (SSSR count). The normalized spacial score (nSPS) is 14.9. The Kier molecular flexibility index (Phi) is 5.44. The largest absolute Gasteiger partial charge is 0.497 e. The van der Waals surface area contributed by atoms with E-state index in [-0.39, 0.29) is 26.8 Å². The lowest BCUT2D eigenvalue weighted by molar-refractivity contribution is 0.0605. The summed E-state index contributed by atoms with van der Waals surface area (Å²) in [4.78, 5) is 46.0. The van der Waals surface area contributed by atoms with E-state index in [9.17, 15) is 14.4 Å². The molecule has 3 heterocycles. The summed E-state index contributed by atoms with van der Waals surface area (Å²) < 4.78 is 16.3. The minimum atomic E-state index is -0.814. The van der Waals surface area contributed by atoms with Crippen LogP contribution in [0.3, 0.4) is 0 Å². The van der Waals surface area contributed by atoms with Gasteiger partial charge in [-0.05, 0) is 61.7 Å². The second-order valence-corrected chi connectivity index (χ2v) is 9.34. The summed E-state index contributed by atoms with van der Waals surface area (Å²) in [5.41, 5.74) is 3.27. The Morgan fingerprint density at radius 2 is 1.83 bits per heavy atom. The van der Waals surface area contributed by atoms with Crippen LogP contribution in [-0.4, -0.2) is 31.1 Å². The van der Waals surface area contributed by atoms with Gasteiger partial charge in [0, 0.05) is 0 Å². The maximum absolute atomic E-state index is 13.8. The van der Waals surface area contributed by atoms with E-state index in [2.05, 4.69) is 4.98 Å². The molecule has 1 aliphatic rings. The molecule has 35 heavy (non-hydrogen) atoms. The van der Waals surface area contributed by atoms with Crippen molar-refractivity contribution in [3.63, 3.8) is 0 Å². The zero-order chi connectivity index (χ0) is 25.0. The summed E-state index contributed by atoms with van der Waals surface area (Å²) in [6, 6.07) is 9.90. The number of rotatable bonds is 4. The topological polar surface area (TPSA) is 98.9 Å². The van der Waals surface area contributed by atoms with E-state index in [0.717, 1.165) is 22.5 Å². The Morgan fingerprint density at radius 3 is 2.54 bits per heavy atom. The molecular formula is C26H22N2O6S. The van der Waals surface area contributed by atoms with E-state index in [1.54, 1.807) is 44.4 Å². The minimum Gasteiger partial charge on any atom is -0.497 e. The smallest absolute Gasteiger partial charge is 0.350 e. The lowest BCUT2D eigenvalue weighted by atomic mass is 9.97. The van der Waals surface area contributed by atoms with E-state index in [4.69, 9.17) is 13.9 Å². The van der Waals surface area contributed by atoms with Gasteiger partial charge in [-0.3, -0.25) is 14.5 Å². The van der Waals surface area contributed by atoms with Crippen molar-refractivity contribution in [3.05, 3.63) is 85.2 Å². The molecule has 2 aromatic carbocycles. The fraction of sp³-hybridized carbons (Fsp3) is 0.231. The summed E-state index contributed by atoms with van der Waals surface area (Å²) in [5.74, 6) is -0.508. The Hall–Kier alpha value is -3.98. The number of fused-ring (bicyclic) bond motifs is 2. The first-order valence-electron chi connectivity index (χ1n) is 10.9. The fourth-order valence-electron chi connectivity index (χ4n) is 4.32.